The van der Waals surface area contributed by atoms with Gasteiger partial charge in [0.1, 0.15) is 29.1 Å². The predicted molar refractivity (Wildman–Crippen MR) is 115 cm³/mol. The van der Waals surface area contributed by atoms with Crippen molar-refractivity contribution in [2.45, 2.75) is 6.04 Å². The first-order chi connectivity index (χ1) is 15.1. The van der Waals surface area contributed by atoms with Crippen LogP contribution in [0.1, 0.15) is 27.9 Å². The highest BCUT2D eigenvalue weighted by atomic mass is 32.1. The molecule has 3 aromatic heterocycles. The molecule has 0 aliphatic carbocycles. The Balaban J connectivity index is 1.67. The van der Waals surface area contributed by atoms with Gasteiger partial charge in [-0.1, -0.05) is 0 Å². The Morgan fingerprint density at radius 1 is 1.06 bits per heavy atom. The smallest absolute Gasteiger partial charge is 0.271 e. The largest absolute Gasteiger partial charge is 0.497 e. The molecule has 0 radical (unpaired) electrons. The highest BCUT2D eigenvalue weighted by molar-refractivity contribution is 7.13. The van der Waals surface area contributed by atoms with Gasteiger partial charge in [-0.3, -0.25) is 4.79 Å². The lowest BCUT2D eigenvalue weighted by Gasteiger charge is -2.20. The highest BCUT2D eigenvalue weighted by Crippen LogP contribution is 2.30. The molecule has 0 aliphatic heterocycles. The molecule has 10 heteroatoms. The van der Waals surface area contributed by atoms with Crippen LogP contribution in [0.3, 0.4) is 0 Å². The van der Waals surface area contributed by atoms with E-state index in [9.17, 15) is 4.79 Å². The second-order valence-corrected chi connectivity index (χ2v) is 7.42. The average molecular weight is 436 g/mol. The molecule has 1 amide bonds. The number of hydrogen-bond acceptors (Lipinski definition) is 8. The van der Waals surface area contributed by atoms with Crippen molar-refractivity contribution in [2.24, 2.45) is 7.05 Å². The molecule has 1 atom stereocenters. The number of rotatable bonds is 7. The van der Waals surface area contributed by atoms with Gasteiger partial charge >= 0.3 is 0 Å². The van der Waals surface area contributed by atoms with Gasteiger partial charge in [0.05, 0.1) is 14.2 Å². The van der Waals surface area contributed by atoms with Crippen molar-refractivity contribution in [1.82, 2.24) is 29.8 Å². The molecule has 0 spiro atoms. The topological polar surface area (TPSA) is 104 Å². The summed E-state index contributed by atoms with van der Waals surface area (Å²) in [6, 6.07) is 6.63. The van der Waals surface area contributed by atoms with Crippen LogP contribution >= 0.6 is 11.3 Å². The van der Waals surface area contributed by atoms with Crippen LogP contribution in [-0.2, 0) is 7.05 Å². The second kappa shape index (κ2) is 8.92. The number of aryl methyl sites for hydroxylation is 1. The van der Waals surface area contributed by atoms with Crippen LogP contribution in [0.25, 0.3) is 10.8 Å². The van der Waals surface area contributed by atoms with Gasteiger partial charge in [-0.15, -0.1) is 11.3 Å². The number of imidazole rings is 1. The molecule has 1 unspecified atom stereocenters. The third kappa shape index (κ3) is 4.38. The number of nitrogens with zero attached hydrogens (tertiary/aromatic N) is 5. The van der Waals surface area contributed by atoms with Crippen LogP contribution in [0.15, 0.2) is 54.4 Å². The molecular formula is C21H20N6O3S. The molecule has 0 bridgehead atoms. The maximum atomic E-state index is 13.1. The molecule has 158 valence electrons. The fourth-order valence-corrected chi connectivity index (χ4v) is 3.79. The second-order valence-electron chi connectivity index (χ2n) is 6.56. The lowest BCUT2D eigenvalue weighted by atomic mass is 10.0. The minimum atomic E-state index is -0.547. The Kier molecular flexibility index (Phi) is 5.89. The Bertz CT molecular complexity index is 1170. The number of carbonyl (C=O) groups excluding carboxylic acids is 1. The molecule has 31 heavy (non-hydrogen) atoms. The van der Waals surface area contributed by atoms with Gasteiger partial charge in [0, 0.05) is 43.3 Å². The van der Waals surface area contributed by atoms with Gasteiger partial charge in [0.15, 0.2) is 10.8 Å². The summed E-state index contributed by atoms with van der Waals surface area (Å²) in [5.74, 6) is 2.02. The van der Waals surface area contributed by atoms with Gasteiger partial charge in [0.2, 0.25) is 0 Å². The van der Waals surface area contributed by atoms with Crippen molar-refractivity contribution >= 4 is 17.2 Å². The van der Waals surface area contributed by atoms with E-state index >= 15 is 0 Å². The average Bonchev–Trinajstić information content (AvgIpc) is 3.47. The Hall–Kier alpha value is -3.79. The summed E-state index contributed by atoms with van der Waals surface area (Å²) in [6.45, 7) is 0. The fourth-order valence-electron chi connectivity index (χ4n) is 3.04. The summed E-state index contributed by atoms with van der Waals surface area (Å²) in [7, 11) is 5.03. The number of methoxy groups -OCH3 is 2. The van der Waals surface area contributed by atoms with Crippen molar-refractivity contribution in [3.63, 3.8) is 0 Å². The van der Waals surface area contributed by atoms with E-state index in [0.717, 1.165) is 5.56 Å². The SMILES string of the molecule is COc1cc(OC)cc(C(NC(=O)c2csc(-c3ncccn3)n2)c2nccn2C)c1. The highest BCUT2D eigenvalue weighted by Gasteiger charge is 2.24. The van der Waals surface area contributed by atoms with E-state index in [2.05, 4.69) is 25.3 Å². The first-order valence-electron chi connectivity index (χ1n) is 9.33. The van der Waals surface area contributed by atoms with Gasteiger partial charge in [-0.2, -0.15) is 0 Å². The minimum Gasteiger partial charge on any atom is -0.497 e. The zero-order chi connectivity index (χ0) is 21.8. The zero-order valence-corrected chi connectivity index (χ0v) is 18.0. The van der Waals surface area contributed by atoms with E-state index in [0.29, 0.717) is 28.2 Å². The molecule has 0 aliphatic rings. The van der Waals surface area contributed by atoms with Crippen molar-refractivity contribution in [3.05, 3.63) is 71.5 Å². The monoisotopic (exact) mass is 436 g/mol. The molecule has 0 saturated carbocycles. The zero-order valence-electron chi connectivity index (χ0n) is 17.1. The van der Waals surface area contributed by atoms with E-state index in [4.69, 9.17) is 9.47 Å². The standard InChI is InChI=1S/C21H20N6O3S/c1-27-8-7-24-19(27)17(13-9-14(29-2)11-15(10-13)30-3)26-20(28)16-12-31-21(25-16)18-22-5-4-6-23-18/h4-12,17H,1-3H3,(H,26,28). The predicted octanol–water partition coefficient (Wildman–Crippen LogP) is 2.87. The summed E-state index contributed by atoms with van der Waals surface area (Å²) in [5, 5.41) is 5.29. The molecule has 4 aromatic rings. The maximum absolute atomic E-state index is 13.1. The first-order valence-corrected chi connectivity index (χ1v) is 10.2. The van der Waals surface area contributed by atoms with E-state index in [1.54, 1.807) is 50.3 Å². The third-order valence-electron chi connectivity index (χ3n) is 4.59. The van der Waals surface area contributed by atoms with Crippen LogP contribution in [-0.4, -0.2) is 44.6 Å². The molecule has 3 heterocycles. The number of hydrogen-bond donors (Lipinski definition) is 1. The fraction of sp³-hybridized carbons (Fsp3) is 0.190. The number of ether oxygens (including phenoxy) is 2. The van der Waals surface area contributed by atoms with E-state index in [-0.39, 0.29) is 11.6 Å². The summed E-state index contributed by atoms with van der Waals surface area (Å²) >= 11 is 1.31. The molecule has 9 nitrogen and oxygen atoms in total. The van der Waals surface area contributed by atoms with Crippen LogP contribution < -0.4 is 14.8 Å². The van der Waals surface area contributed by atoms with E-state index in [1.165, 1.54) is 11.3 Å². The molecule has 1 aromatic carbocycles. The summed E-state index contributed by atoms with van der Waals surface area (Å²) in [5.41, 5.74) is 1.04. The number of thiazole rings is 1. The van der Waals surface area contributed by atoms with Crippen LogP contribution in [0.2, 0.25) is 0 Å². The van der Waals surface area contributed by atoms with Crippen LogP contribution in [0, 0.1) is 0 Å². The molecular weight excluding hydrogens is 416 g/mol. The lowest BCUT2D eigenvalue weighted by Crippen LogP contribution is -2.31. The summed E-state index contributed by atoms with van der Waals surface area (Å²) in [4.78, 5) is 30.3. The van der Waals surface area contributed by atoms with Gasteiger partial charge in [0.25, 0.3) is 5.91 Å². The Labute approximate surface area is 182 Å². The van der Waals surface area contributed by atoms with Crippen molar-refractivity contribution in [3.8, 4) is 22.3 Å². The Morgan fingerprint density at radius 3 is 2.39 bits per heavy atom. The van der Waals surface area contributed by atoms with Crippen LogP contribution in [0.4, 0.5) is 0 Å². The van der Waals surface area contributed by atoms with E-state index in [1.807, 2.05) is 29.9 Å². The quantitative estimate of drug-likeness (QED) is 0.475. The third-order valence-corrected chi connectivity index (χ3v) is 5.43. The van der Waals surface area contributed by atoms with Crippen LogP contribution in [0.5, 0.6) is 11.5 Å². The molecule has 0 saturated heterocycles. The number of benzene rings is 1. The number of amides is 1. The van der Waals surface area contributed by atoms with Gasteiger partial charge in [-0.05, 0) is 23.8 Å². The number of carbonyl (C=O) groups is 1. The lowest BCUT2D eigenvalue weighted by molar-refractivity contribution is 0.0936. The minimum absolute atomic E-state index is 0.279. The van der Waals surface area contributed by atoms with Gasteiger partial charge < -0.3 is 19.4 Å². The summed E-state index contributed by atoms with van der Waals surface area (Å²) in [6.07, 6.45) is 6.77. The normalized spacial score (nSPS) is 11.7. The maximum Gasteiger partial charge on any atom is 0.271 e. The molecule has 0 fully saturated rings. The number of aromatic nitrogens is 5. The summed E-state index contributed by atoms with van der Waals surface area (Å²) < 4.78 is 12.6. The Morgan fingerprint density at radius 2 is 1.77 bits per heavy atom. The van der Waals surface area contributed by atoms with E-state index < -0.39 is 6.04 Å². The van der Waals surface area contributed by atoms with Crippen molar-refractivity contribution < 1.29 is 14.3 Å². The first kappa shape index (κ1) is 20.5. The van der Waals surface area contributed by atoms with Gasteiger partial charge in [-0.25, -0.2) is 19.9 Å². The molecule has 1 N–H and O–H groups in total. The number of nitrogens with one attached hydrogen (secondary N) is 1. The molecule has 4 rings (SSSR count). The van der Waals surface area contributed by atoms with Crippen molar-refractivity contribution in [1.29, 1.82) is 0 Å². The van der Waals surface area contributed by atoms with Crippen molar-refractivity contribution in [2.75, 3.05) is 14.2 Å².